The molecule has 0 saturated carbocycles. The van der Waals surface area contributed by atoms with Gasteiger partial charge in [0.25, 0.3) is 0 Å². The van der Waals surface area contributed by atoms with Gasteiger partial charge in [0.05, 0.1) is 7.11 Å². The molecule has 1 rings (SSSR count). The fraction of sp³-hybridized carbons (Fsp3) is 0.308. The topological polar surface area (TPSA) is 35.5 Å². The minimum Gasteiger partial charge on any atom is -0.479 e. The highest BCUT2D eigenvalue weighted by molar-refractivity contribution is 5.74. The summed E-state index contributed by atoms with van der Waals surface area (Å²) in [7, 11) is 1.34. The van der Waals surface area contributed by atoms with Gasteiger partial charge in [-0.1, -0.05) is 12.8 Å². The lowest BCUT2D eigenvalue weighted by molar-refractivity contribution is -0.148. The molecule has 0 heterocycles. The summed E-state index contributed by atoms with van der Waals surface area (Å²) in [5.41, 5.74) is 0.776. The van der Waals surface area contributed by atoms with E-state index in [1.807, 2.05) is 6.92 Å². The maximum atomic E-state index is 11.3. The summed E-state index contributed by atoms with van der Waals surface area (Å²) >= 11 is 0. The van der Waals surface area contributed by atoms with Gasteiger partial charge in [-0.25, -0.2) is 4.79 Å². The fourth-order valence-electron chi connectivity index (χ4n) is 1.22. The van der Waals surface area contributed by atoms with Gasteiger partial charge in [0.1, 0.15) is 5.75 Å². The Morgan fingerprint density at radius 1 is 1.44 bits per heavy atom. The van der Waals surface area contributed by atoms with Crippen molar-refractivity contribution in [3.05, 3.63) is 29.8 Å². The Balaban J connectivity index is 2.71. The van der Waals surface area contributed by atoms with Crippen LogP contribution in [0.25, 0.3) is 0 Å². The van der Waals surface area contributed by atoms with Crippen molar-refractivity contribution in [3.8, 4) is 18.1 Å². The molecule has 84 valence electrons. The molecular weight excluding hydrogens is 204 g/mol. The molecule has 16 heavy (non-hydrogen) atoms. The molecule has 1 unspecified atom stereocenters. The molecular formula is C13H14O3. The number of methoxy groups -OCH3 is 1. The molecule has 3 nitrogen and oxygen atoms in total. The van der Waals surface area contributed by atoms with E-state index in [-0.39, 0.29) is 5.97 Å². The second kappa shape index (κ2) is 5.82. The molecule has 1 atom stereocenters. The van der Waals surface area contributed by atoms with Crippen LogP contribution in [0.4, 0.5) is 0 Å². The van der Waals surface area contributed by atoms with Crippen LogP contribution in [0.15, 0.2) is 24.3 Å². The van der Waals surface area contributed by atoms with Crippen LogP contribution in [0.3, 0.4) is 0 Å². The van der Waals surface area contributed by atoms with Crippen molar-refractivity contribution in [2.75, 3.05) is 7.11 Å². The van der Waals surface area contributed by atoms with E-state index in [4.69, 9.17) is 11.2 Å². The maximum Gasteiger partial charge on any atom is 0.347 e. The van der Waals surface area contributed by atoms with Gasteiger partial charge < -0.3 is 9.47 Å². The molecule has 0 spiro atoms. The van der Waals surface area contributed by atoms with Gasteiger partial charge in [-0.2, -0.15) is 0 Å². The summed E-state index contributed by atoms with van der Waals surface area (Å²) in [6, 6.07) is 7.00. The molecule has 0 saturated heterocycles. The number of rotatable bonds is 4. The zero-order valence-electron chi connectivity index (χ0n) is 9.40. The number of carbonyl (C=O) groups excluding carboxylic acids is 1. The molecule has 1 aromatic rings. The minimum absolute atomic E-state index is 0.372. The monoisotopic (exact) mass is 218 g/mol. The zero-order valence-corrected chi connectivity index (χ0v) is 9.40. The number of benzene rings is 1. The van der Waals surface area contributed by atoms with Crippen molar-refractivity contribution < 1.29 is 14.3 Å². The van der Waals surface area contributed by atoms with E-state index >= 15 is 0 Å². The normalized spacial score (nSPS) is 11.3. The van der Waals surface area contributed by atoms with Gasteiger partial charge in [0.15, 0.2) is 6.10 Å². The Bertz CT molecular complexity index is 387. The number of esters is 1. The first kappa shape index (κ1) is 12.1. The molecule has 0 aliphatic heterocycles. The van der Waals surface area contributed by atoms with E-state index in [1.165, 1.54) is 7.11 Å². The second-order valence-electron chi connectivity index (χ2n) is 3.21. The van der Waals surface area contributed by atoms with Gasteiger partial charge in [0.2, 0.25) is 0 Å². The van der Waals surface area contributed by atoms with Crippen molar-refractivity contribution in [1.82, 2.24) is 0 Å². The predicted molar refractivity (Wildman–Crippen MR) is 61.1 cm³/mol. The molecule has 0 radical (unpaired) electrons. The second-order valence-corrected chi connectivity index (χ2v) is 3.21. The van der Waals surface area contributed by atoms with Crippen molar-refractivity contribution in [2.24, 2.45) is 0 Å². The summed E-state index contributed by atoms with van der Waals surface area (Å²) in [4.78, 5) is 11.3. The molecule has 3 heteroatoms. The highest BCUT2D eigenvalue weighted by Gasteiger charge is 2.18. The van der Waals surface area contributed by atoms with Gasteiger partial charge in [-0.05, 0) is 30.7 Å². The van der Waals surface area contributed by atoms with Crippen LogP contribution in [-0.2, 0) is 9.53 Å². The number of hydrogen-bond donors (Lipinski definition) is 0. The van der Waals surface area contributed by atoms with Crippen LogP contribution < -0.4 is 4.74 Å². The highest BCUT2D eigenvalue weighted by atomic mass is 16.6. The van der Waals surface area contributed by atoms with Crippen molar-refractivity contribution >= 4 is 5.97 Å². The van der Waals surface area contributed by atoms with Gasteiger partial charge in [-0.15, -0.1) is 6.42 Å². The van der Waals surface area contributed by atoms with E-state index in [9.17, 15) is 4.79 Å². The number of hydrogen-bond acceptors (Lipinski definition) is 3. The maximum absolute atomic E-state index is 11.3. The number of ether oxygens (including phenoxy) is 2. The average Bonchev–Trinajstić information content (AvgIpc) is 2.35. The summed E-state index contributed by atoms with van der Waals surface area (Å²) in [6.45, 7) is 1.86. The smallest absolute Gasteiger partial charge is 0.347 e. The predicted octanol–water partition coefficient (Wildman–Crippen LogP) is 2.00. The van der Waals surface area contributed by atoms with Crippen LogP contribution in [0.2, 0.25) is 0 Å². The Morgan fingerprint density at radius 3 is 2.50 bits per heavy atom. The van der Waals surface area contributed by atoms with E-state index < -0.39 is 6.10 Å². The molecule has 0 bridgehead atoms. The molecule has 0 aliphatic rings. The minimum atomic E-state index is -0.568. The first-order valence-corrected chi connectivity index (χ1v) is 5.02. The molecule has 0 N–H and O–H groups in total. The SMILES string of the molecule is C#Cc1ccc(OC(CC)C(=O)OC)cc1. The first-order valence-electron chi connectivity index (χ1n) is 5.02. The zero-order chi connectivity index (χ0) is 12.0. The molecule has 0 fully saturated rings. The summed E-state index contributed by atoms with van der Waals surface area (Å²) in [6.07, 6.45) is 5.22. The van der Waals surface area contributed by atoms with Crippen LogP contribution in [0.1, 0.15) is 18.9 Å². The Kier molecular flexibility index (Phi) is 4.41. The summed E-state index contributed by atoms with van der Waals surface area (Å²) in [5, 5.41) is 0. The Labute approximate surface area is 95.4 Å². The van der Waals surface area contributed by atoms with Crippen LogP contribution in [0.5, 0.6) is 5.75 Å². The van der Waals surface area contributed by atoms with Crippen LogP contribution in [-0.4, -0.2) is 19.2 Å². The molecule has 0 aliphatic carbocycles. The van der Waals surface area contributed by atoms with E-state index in [0.29, 0.717) is 12.2 Å². The van der Waals surface area contributed by atoms with Crippen LogP contribution >= 0.6 is 0 Å². The number of terminal acetylenes is 1. The lowest BCUT2D eigenvalue weighted by Crippen LogP contribution is -2.27. The lowest BCUT2D eigenvalue weighted by atomic mass is 10.2. The summed E-state index contributed by atoms with van der Waals surface area (Å²) < 4.78 is 10.1. The third kappa shape index (κ3) is 3.03. The third-order valence-corrected chi connectivity index (χ3v) is 2.13. The van der Waals surface area contributed by atoms with E-state index in [0.717, 1.165) is 5.56 Å². The standard InChI is InChI=1S/C13H14O3/c1-4-10-6-8-11(9-7-10)16-12(5-2)13(14)15-3/h1,6-9,12H,5H2,2-3H3. The van der Waals surface area contributed by atoms with Gasteiger partial charge >= 0.3 is 5.97 Å². The third-order valence-electron chi connectivity index (χ3n) is 2.13. The number of carbonyl (C=O) groups is 1. The Morgan fingerprint density at radius 2 is 2.06 bits per heavy atom. The summed E-state index contributed by atoms with van der Waals surface area (Å²) in [5.74, 6) is 2.74. The molecule has 0 amide bonds. The fourth-order valence-corrected chi connectivity index (χ4v) is 1.22. The lowest BCUT2D eigenvalue weighted by Gasteiger charge is -2.14. The first-order chi connectivity index (χ1) is 7.71. The van der Waals surface area contributed by atoms with Gasteiger partial charge in [-0.3, -0.25) is 0 Å². The van der Waals surface area contributed by atoms with E-state index in [2.05, 4.69) is 10.7 Å². The average molecular weight is 218 g/mol. The molecule has 1 aromatic carbocycles. The van der Waals surface area contributed by atoms with E-state index in [1.54, 1.807) is 24.3 Å². The Hall–Kier alpha value is -1.95. The van der Waals surface area contributed by atoms with Crippen molar-refractivity contribution in [2.45, 2.75) is 19.4 Å². The van der Waals surface area contributed by atoms with Crippen molar-refractivity contribution in [1.29, 1.82) is 0 Å². The van der Waals surface area contributed by atoms with Crippen LogP contribution in [0, 0.1) is 12.3 Å². The largest absolute Gasteiger partial charge is 0.479 e. The van der Waals surface area contributed by atoms with Crippen molar-refractivity contribution in [3.63, 3.8) is 0 Å². The molecule has 0 aromatic heterocycles. The quantitative estimate of drug-likeness (QED) is 0.572. The van der Waals surface area contributed by atoms with Gasteiger partial charge in [0, 0.05) is 5.56 Å². The highest BCUT2D eigenvalue weighted by Crippen LogP contribution is 2.15.